The van der Waals surface area contributed by atoms with Gasteiger partial charge in [-0.2, -0.15) is 0 Å². The van der Waals surface area contributed by atoms with Gasteiger partial charge in [-0.25, -0.2) is 8.42 Å². The SMILES string of the molecule is O=C(Nc1ccc(N2CCCS2(=O)=O)cc1Cl)c1cccc([N+](=O)[O-])c1. The van der Waals surface area contributed by atoms with Crippen LogP contribution < -0.4 is 9.62 Å². The quantitative estimate of drug-likeness (QED) is 0.632. The Morgan fingerprint density at radius 2 is 2.00 bits per heavy atom. The smallest absolute Gasteiger partial charge is 0.270 e. The highest BCUT2D eigenvalue weighted by molar-refractivity contribution is 7.93. The number of amides is 1. The van der Waals surface area contributed by atoms with Gasteiger partial charge in [-0.05, 0) is 30.7 Å². The van der Waals surface area contributed by atoms with E-state index in [-0.39, 0.29) is 27.7 Å². The number of nitrogens with one attached hydrogen (secondary N) is 1. The Morgan fingerprint density at radius 1 is 1.23 bits per heavy atom. The Kier molecular flexibility index (Phi) is 4.84. The first-order valence-corrected chi connectivity index (χ1v) is 9.62. The summed E-state index contributed by atoms with van der Waals surface area (Å²) < 4.78 is 25.2. The number of sulfonamides is 1. The topological polar surface area (TPSA) is 110 Å². The van der Waals surface area contributed by atoms with Gasteiger partial charge in [0.15, 0.2) is 0 Å². The molecule has 2 aromatic rings. The highest BCUT2D eigenvalue weighted by atomic mass is 35.5. The van der Waals surface area contributed by atoms with Crippen LogP contribution >= 0.6 is 11.6 Å². The number of nitrogens with zero attached hydrogens (tertiary/aromatic N) is 2. The molecule has 8 nitrogen and oxygen atoms in total. The van der Waals surface area contributed by atoms with E-state index in [0.29, 0.717) is 18.7 Å². The van der Waals surface area contributed by atoms with Gasteiger partial charge in [-0.15, -0.1) is 0 Å². The lowest BCUT2D eigenvalue weighted by molar-refractivity contribution is -0.384. The number of carbonyl (C=O) groups excluding carboxylic acids is 1. The van der Waals surface area contributed by atoms with Gasteiger partial charge in [-0.3, -0.25) is 19.2 Å². The lowest BCUT2D eigenvalue weighted by atomic mass is 10.2. The third kappa shape index (κ3) is 3.63. The van der Waals surface area contributed by atoms with Crippen LogP contribution in [0.2, 0.25) is 5.02 Å². The minimum absolute atomic E-state index is 0.0931. The van der Waals surface area contributed by atoms with Gasteiger partial charge in [0, 0.05) is 24.2 Å². The second-order valence-electron chi connectivity index (χ2n) is 5.67. The van der Waals surface area contributed by atoms with Gasteiger partial charge in [0.05, 0.1) is 27.1 Å². The maximum atomic E-state index is 12.3. The maximum Gasteiger partial charge on any atom is 0.270 e. The molecule has 0 spiro atoms. The van der Waals surface area contributed by atoms with Crippen LogP contribution in [0.15, 0.2) is 42.5 Å². The maximum absolute atomic E-state index is 12.3. The van der Waals surface area contributed by atoms with E-state index in [1.807, 2.05) is 0 Å². The molecule has 1 N–H and O–H groups in total. The van der Waals surface area contributed by atoms with Crippen LogP contribution in [0.3, 0.4) is 0 Å². The molecular formula is C16H14ClN3O5S. The van der Waals surface area contributed by atoms with Crippen LogP contribution in [0.5, 0.6) is 0 Å². The molecule has 0 bridgehead atoms. The van der Waals surface area contributed by atoms with Crippen molar-refractivity contribution >= 4 is 44.6 Å². The average Bonchev–Trinajstić information content (AvgIpc) is 2.96. The Bertz CT molecular complexity index is 993. The first-order chi connectivity index (χ1) is 12.3. The average molecular weight is 396 g/mol. The predicted molar refractivity (Wildman–Crippen MR) is 98.3 cm³/mol. The van der Waals surface area contributed by atoms with Gasteiger partial charge < -0.3 is 5.32 Å². The molecule has 1 amide bonds. The van der Waals surface area contributed by atoms with Crippen LogP contribution in [-0.2, 0) is 10.0 Å². The minimum Gasteiger partial charge on any atom is -0.321 e. The number of benzene rings is 2. The number of carbonyl (C=O) groups is 1. The summed E-state index contributed by atoms with van der Waals surface area (Å²) in [4.78, 5) is 22.5. The van der Waals surface area contributed by atoms with Crippen molar-refractivity contribution in [3.05, 3.63) is 63.2 Å². The fourth-order valence-corrected chi connectivity index (χ4v) is 4.42. The molecule has 0 atom stereocenters. The summed E-state index contributed by atoms with van der Waals surface area (Å²) >= 11 is 6.17. The van der Waals surface area contributed by atoms with Crippen molar-refractivity contribution in [1.82, 2.24) is 0 Å². The number of nitro benzene ring substituents is 1. The number of nitro groups is 1. The van der Waals surface area contributed by atoms with E-state index >= 15 is 0 Å². The molecule has 0 aromatic heterocycles. The van der Waals surface area contributed by atoms with Crippen molar-refractivity contribution in [2.45, 2.75) is 6.42 Å². The van der Waals surface area contributed by atoms with Crippen molar-refractivity contribution in [3.63, 3.8) is 0 Å². The van der Waals surface area contributed by atoms with Gasteiger partial charge >= 0.3 is 0 Å². The first-order valence-electron chi connectivity index (χ1n) is 7.64. The van der Waals surface area contributed by atoms with Crippen LogP contribution in [-0.4, -0.2) is 31.5 Å². The Hall–Kier alpha value is -2.65. The molecule has 0 aliphatic carbocycles. The first kappa shape index (κ1) is 18.2. The summed E-state index contributed by atoms with van der Waals surface area (Å²) in [7, 11) is -3.33. The van der Waals surface area contributed by atoms with Gasteiger partial charge in [0.1, 0.15) is 0 Å². The van der Waals surface area contributed by atoms with Gasteiger partial charge in [0.2, 0.25) is 10.0 Å². The second kappa shape index (κ2) is 6.93. The summed E-state index contributed by atoms with van der Waals surface area (Å²) in [5, 5.41) is 13.5. The van der Waals surface area contributed by atoms with Crippen LogP contribution in [0, 0.1) is 10.1 Å². The Morgan fingerprint density at radius 3 is 2.62 bits per heavy atom. The number of hydrogen-bond acceptors (Lipinski definition) is 5. The van der Waals surface area contributed by atoms with E-state index in [1.165, 1.54) is 34.6 Å². The largest absolute Gasteiger partial charge is 0.321 e. The summed E-state index contributed by atoms with van der Waals surface area (Å²) in [5.41, 5.74) is 0.629. The van der Waals surface area contributed by atoms with E-state index in [4.69, 9.17) is 11.6 Å². The molecule has 1 saturated heterocycles. The Labute approximate surface area is 154 Å². The van der Waals surface area contributed by atoms with Crippen LogP contribution in [0.1, 0.15) is 16.8 Å². The standard InChI is InChI=1S/C16H14ClN3O5S/c17-14-10-12(19-7-2-8-26(19,24)25)5-6-15(14)18-16(21)11-3-1-4-13(9-11)20(22)23/h1,3-6,9-10H,2,7-8H2,(H,18,21). The fourth-order valence-electron chi connectivity index (χ4n) is 2.65. The second-order valence-corrected chi connectivity index (χ2v) is 8.09. The minimum atomic E-state index is -3.33. The van der Waals surface area contributed by atoms with E-state index in [0.717, 1.165) is 6.07 Å². The third-order valence-electron chi connectivity index (χ3n) is 3.91. The highest BCUT2D eigenvalue weighted by Gasteiger charge is 2.28. The van der Waals surface area contributed by atoms with Crippen molar-refractivity contribution in [2.75, 3.05) is 21.9 Å². The number of non-ortho nitro benzene ring substituents is 1. The van der Waals surface area contributed by atoms with E-state index in [2.05, 4.69) is 5.32 Å². The highest BCUT2D eigenvalue weighted by Crippen LogP contribution is 2.31. The third-order valence-corrected chi connectivity index (χ3v) is 6.09. The molecule has 1 aliphatic rings. The zero-order valence-electron chi connectivity index (χ0n) is 13.4. The van der Waals surface area contributed by atoms with E-state index < -0.39 is 20.9 Å². The molecule has 1 aliphatic heterocycles. The summed E-state index contributed by atoms with van der Waals surface area (Å²) in [6.07, 6.45) is 0.547. The van der Waals surface area contributed by atoms with E-state index in [1.54, 1.807) is 6.07 Å². The zero-order chi connectivity index (χ0) is 18.9. The van der Waals surface area contributed by atoms with E-state index in [9.17, 15) is 23.3 Å². The van der Waals surface area contributed by atoms with Gasteiger partial charge in [-0.1, -0.05) is 17.7 Å². The Balaban J connectivity index is 1.81. The van der Waals surface area contributed by atoms with Crippen molar-refractivity contribution in [1.29, 1.82) is 0 Å². The van der Waals surface area contributed by atoms with Crippen LogP contribution in [0.25, 0.3) is 0 Å². The molecule has 0 unspecified atom stereocenters. The van der Waals surface area contributed by atoms with Gasteiger partial charge in [0.25, 0.3) is 11.6 Å². The molecule has 0 radical (unpaired) electrons. The number of rotatable bonds is 4. The van der Waals surface area contributed by atoms with Crippen molar-refractivity contribution in [3.8, 4) is 0 Å². The fraction of sp³-hybridized carbons (Fsp3) is 0.188. The zero-order valence-corrected chi connectivity index (χ0v) is 15.0. The summed E-state index contributed by atoms with van der Waals surface area (Å²) in [6.45, 7) is 0.387. The van der Waals surface area contributed by atoms with Crippen molar-refractivity contribution < 1.29 is 18.1 Å². The summed E-state index contributed by atoms with van der Waals surface area (Å²) in [6, 6.07) is 9.83. The molecule has 26 heavy (non-hydrogen) atoms. The molecule has 10 heteroatoms. The normalized spacial score (nSPS) is 15.7. The molecule has 1 fully saturated rings. The molecule has 136 valence electrons. The predicted octanol–water partition coefficient (Wildman–Crippen LogP) is 3.04. The lowest BCUT2D eigenvalue weighted by Gasteiger charge is -2.18. The molecule has 0 saturated carbocycles. The number of hydrogen-bond donors (Lipinski definition) is 1. The summed E-state index contributed by atoms with van der Waals surface area (Å²) in [5.74, 6) is -0.465. The van der Waals surface area contributed by atoms with Crippen LogP contribution in [0.4, 0.5) is 17.1 Å². The monoisotopic (exact) mass is 395 g/mol. The molecular weight excluding hydrogens is 382 g/mol. The number of anilines is 2. The molecule has 3 rings (SSSR count). The number of halogens is 1. The van der Waals surface area contributed by atoms with Crippen molar-refractivity contribution in [2.24, 2.45) is 0 Å². The lowest BCUT2D eigenvalue weighted by Crippen LogP contribution is -2.25. The molecule has 1 heterocycles. The molecule has 2 aromatic carbocycles.